The van der Waals surface area contributed by atoms with Crippen LogP contribution in [0.25, 0.3) is 5.82 Å². The molecule has 0 aliphatic carbocycles. The molecule has 1 N–H and O–H groups in total. The van der Waals surface area contributed by atoms with Crippen molar-refractivity contribution in [2.75, 3.05) is 5.32 Å². The molecule has 0 fully saturated rings. The molecule has 0 aromatic carbocycles. The quantitative estimate of drug-likeness (QED) is 0.765. The maximum absolute atomic E-state index is 12.0. The van der Waals surface area contributed by atoms with E-state index in [0.29, 0.717) is 11.6 Å². The maximum atomic E-state index is 12.0. The van der Waals surface area contributed by atoms with Crippen LogP contribution in [0.15, 0.2) is 42.9 Å². The Kier molecular flexibility index (Phi) is 3.42. The van der Waals surface area contributed by atoms with Crippen molar-refractivity contribution in [1.29, 1.82) is 0 Å². The summed E-state index contributed by atoms with van der Waals surface area (Å²) in [5.41, 5.74) is 0.789. The molecule has 3 aromatic heterocycles. The minimum absolute atomic E-state index is 0.0897. The van der Waals surface area contributed by atoms with Crippen molar-refractivity contribution in [3.8, 4) is 5.82 Å². The number of aryl methyl sites for hydroxylation is 1. The fourth-order valence-electron chi connectivity index (χ4n) is 1.89. The van der Waals surface area contributed by atoms with E-state index in [1.165, 1.54) is 10.9 Å². The summed E-state index contributed by atoms with van der Waals surface area (Å²) in [5.74, 6) is 0.996. The predicted octanol–water partition coefficient (Wildman–Crippen LogP) is 0.806. The number of anilines is 1. The zero-order chi connectivity index (χ0) is 14.7. The molecule has 3 rings (SSSR count). The van der Waals surface area contributed by atoms with Gasteiger partial charge in [0.15, 0.2) is 5.82 Å². The monoisotopic (exact) mass is 283 g/mol. The van der Waals surface area contributed by atoms with Gasteiger partial charge in [0.05, 0.1) is 11.9 Å². The van der Waals surface area contributed by atoms with E-state index in [9.17, 15) is 4.79 Å². The normalized spacial score (nSPS) is 10.5. The van der Waals surface area contributed by atoms with E-state index < -0.39 is 0 Å². The van der Waals surface area contributed by atoms with Crippen molar-refractivity contribution in [2.45, 2.75) is 13.5 Å². The van der Waals surface area contributed by atoms with Crippen LogP contribution in [0.2, 0.25) is 0 Å². The van der Waals surface area contributed by atoms with Crippen molar-refractivity contribution >= 4 is 11.7 Å². The van der Waals surface area contributed by atoms with E-state index in [0.717, 1.165) is 5.69 Å². The van der Waals surface area contributed by atoms with Crippen LogP contribution < -0.4 is 5.32 Å². The first kappa shape index (κ1) is 13.0. The molecule has 3 heterocycles. The maximum Gasteiger partial charge on any atom is 0.247 e. The molecule has 0 bridgehead atoms. The Labute approximate surface area is 120 Å². The van der Waals surface area contributed by atoms with Crippen LogP contribution in [0.3, 0.4) is 0 Å². The molecule has 3 aromatic rings. The molecule has 106 valence electrons. The van der Waals surface area contributed by atoms with Crippen LogP contribution in [-0.4, -0.2) is 35.7 Å². The number of aromatic nitrogens is 6. The van der Waals surface area contributed by atoms with Gasteiger partial charge in [-0.15, -0.1) is 5.10 Å². The average molecular weight is 283 g/mol. The molecule has 0 aliphatic heterocycles. The molecule has 0 radical (unpaired) electrons. The third-order valence-corrected chi connectivity index (χ3v) is 2.74. The van der Waals surface area contributed by atoms with Crippen molar-refractivity contribution < 1.29 is 4.79 Å². The van der Waals surface area contributed by atoms with E-state index in [4.69, 9.17) is 0 Å². The average Bonchev–Trinajstić information content (AvgIpc) is 3.09. The second-order valence-electron chi connectivity index (χ2n) is 4.42. The third-order valence-electron chi connectivity index (χ3n) is 2.74. The lowest BCUT2D eigenvalue weighted by atomic mass is 10.4. The first-order chi connectivity index (χ1) is 10.2. The van der Waals surface area contributed by atoms with E-state index in [1.54, 1.807) is 23.1 Å². The number of rotatable bonds is 4. The van der Waals surface area contributed by atoms with E-state index >= 15 is 0 Å². The summed E-state index contributed by atoms with van der Waals surface area (Å²) in [7, 11) is 0. The molecule has 0 saturated carbocycles. The summed E-state index contributed by atoms with van der Waals surface area (Å²) >= 11 is 0. The van der Waals surface area contributed by atoms with Crippen LogP contribution in [-0.2, 0) is 11.3 Å². The number of carbonyl (C=O) groups is 1. The van der Waals surface area contributed by atoms with Crippen molar-refractivity contribution in [3.05, 3.63) is 48.5 Å². The molecular weight excluding hydrogens is 270 g/mol. The Hall–Kier alpha value is -3.03. The summed E-state index contributed by atoms with van der Waals surface area (Å²) in [5, 5.41) is 14.5. The van der Waals surface area contributed by atoms with Crippen molar-refractivity contribution in [3.63, 3.8) is 0 Å². The second kappa shape index (κ2) is 5.53. The summed E-state index contributed by atoms with van der Waals surface area (Å²) in [6.07, 6.45) is 4.82. The Morgan fingerprint density at radius 3 is 2.95 bits per heavy atom. The van der Waals surface area contributed by atoms with Crippen LogP contribution in [0.5, 0.6) is 0 Å². The van der Waals surface area contributed by atoms with Gasteiger partial charge in [-0.05, 0) is 19.1 Å². The molecule has 0 saturated heterocycles. The number of hydrogen-bond donors (Lipinski definition) is 1. The molecule has 8 heteroatoms. The Balaban J connectivity index is 1.81. The number of nitrogens with one attached hydrogen (secondary N) is 1. The molecule has 21 heavy (non-hydrogen) atoms. The lowest BCUT2D eigenvalue weighted by Gasteiger charge is -2.07. The minimum Gasteiger partial charge on any atom is -0.309 e. The van der Waals surface area contributed by atoms with E-state index in [2.05, 4.69) is 25.7 Å². The van der Waals surface area contributed by atoms with Crippen LogP contribution in [0, 0.1) is 6.92 Å². The molecular formula is C13H13N7O. The first-order valence-corrected chi connectivity index (χ1v) is 6.34. The van der Waals surface area contributed by atoms with Gasteiger partial charge in [0, 0.05) is 18.5 Å². The van der Waals surface area contributed by atoms with Gasteiger partial charge < -0.3 is 5.32 Å². The van der Waals surface area contributed by atoms with Gasteiger partial charge in [-0.25, -0.2) is 9.67 Å². The van der Waals surface area contributed by atoms with Gasteiger partial charge in [-0.2, -0.15) is 9.78 Å². The summed E-state index contributed by atoms with van der Waals surface area (Å²) in [6, 6.07) is 7.29. The lowest BCUT2D eigenvalue weighted by molar-refractivity contribution is -0.117. The van der Waals surface area contributed by atoms with Gasteiger partial charge in [0.1, 0.15) is 12.4 Å². The largest absolute Gasteiger partial charge is 0.309 e. The highest BCUT2D eigenvalue weighted by Gasteiger charge is 2.12. The molecule has 0 aliphatic rings. The highest BCUT2D eigenvalue weighted by atomic mass is 16.2. The second-order valence-corrected chi connectivity index (χ2v) is 4.42. The van der Waals surface area contributed by atoms with Gasteiger partial charge >= 0.3 is 0 Å². The van der Waals surface area contributed by atoms with Gasteiger partial charge in [0.25, 0.3) is 0 Å². The lowest BCUT2D eigenvalue weighted by Crippen LogP contribution is -2.21. The van der Waals surface area contributed by atoms with Crippen LogP contribution in [0.1, 0.15) is 5.69 Å². The Bertz CT molecular complexity index is 733. The number of hydrogen-bond acceptors (Lipinski definition) is 5. The summed E-state index contributed by atoms with van der Waals surface area (Å²) in [4.78, 5) is 16.2. The fraction of sp³-hybridized carbons (Fsp3) is 0.154. The number of carbonyl (C=O) groups excluding carboxylic acids is 1. The van der Waals surface area contributed by atoms with Crippen LogP contribution in [0.4, 0.5) is 5.82 Å². The zero-order valence-corrected chi connectivity index (χ0v) is 11.3. The molecule has 8 nitrogen and oxygen atoms in total. The number of pyridine rings is 1. The topological polar surface area (TPSA) is 90.5 Å². The van der Waals surface area contributed by atoms with Crippen molar-refractivity contribution in [1.82, 2.24) is 29.8 Å². The SMILES string of the molecule is Cc1cc(NC(=O)Cn2ccnn2)n(-c2ccccn2)n1. The first-order valence-electron chi connectivity index (χ1n) is 6.34. The number of nitrogens with zero attached hydrogens (tertiary/aromatic N) is 6. The van der Waals surface area contributed by atoms with Gasteiger partial charge in [-0.1, -0.05) is 11.3 Å². The van der Waals surface area contributed by atoms with Crippen LogP contribution >= 0.6 is 0 Å². The van der Waals surface area contributed by atoms with E-state index in [-0.39, 0.29) is 12.5 Å². The molecule has 0 unspecified atom stereocenters. The smallest absolute Gasteiger partial charge is 0.247 e. The molecule has 1 amide bonds. The highest BCUT2D eigenvalue weighted by Crippen LogP contribution is 2.15. The fourth-order valence-corrected chi connectivity index (χ4v) is 1.89. The van der Waals surface area contributed by atoms with Crippen molar-refractivity contribution in [2.24, 2.45) is 0 Å². The highest BCUT2D eigenvalue weighted by molar-refractivity contribution is 5.89. The Morgan fingerprint density at radius 2 is 2.24 bits per heavy atom. The molecule has 0 atom stereocenters. The van der Waals surface area contributed by atoms with Gasteiger partial charge in [0.2, 0.25) is 5.91 Å². The number of amides is 1. The molecule has 0 spiro atoms. The summed E-state index contributed by atoms with van der Waals surface area (Å²) in [6.45, 7) is 1.94. The standard InChI is InChI=1S/C13H13N7O/c1-10-8-12(16-13(21)9-19-7-6-15-18-19)20(17-10)11-4-2-3-5-14-11/h2-8H,9H2,1H3,(H,16,21). The zero-order valence-electron chi connectivity index (χ0n) is 11.3. The summed E-state index contributed by atoms with van der Waals surface area (Å²) < 4.78 is 3.04. The predicted molar refractivity (Wildman–Crippen MR) is 74.7 cm³/mol. The third kappa shape index (κ3) is 2.94. The van der Waals surface area contributed by atoms with Gasteiger partial charge in [-0.3, -0.25) is 4.79 Å². The van der Waals surface area contributed by atoms with E-state index in [1.807, 2.05) is 25.1 Å². The minimum atomic E-state index is -0.211. The Morgan fingerprint density at radius 1 is 1.33 bits per heavy atom.